The molecule has 2 aromatic carbocycles. The van der Waals surface area contributed by atoms with Crippen LogP contribution < -0.4 is 20.1 Å². The molecule has 0 saturated heterocycles. The smallest absolute Gasteiger partial charge is 0.319 e. The molecule has 0 bridgehead atoms. The molecule has 5 nitrogen and oxygen atoms in total. The molecule has 23 heavy (non-hydrogen) atoms. The number of carbonyl (C=O) groups excluding carboxylic acids is 1. The summed E-state index contributed by atoms with van der Waals surface area (Å²) < 4.78 is 10.7. The summed E-state index contributed by atoms with van der Waals surface area (Å²) in [6, 6.07) is 12.2. The Kier molecular flexibility index (Phi) is 6.11. The van der Waals surface area contributed by atoms with E-state index in [0.29, 0.717) is 29.6 Å². The zero-order valence-corrected chi connectivity index (χ0v) is 13.8. The fraction of sp³-hybridized carbons (Fsp3) is 0.235. The van der Waals surface area contributed by atoms with Crippen molar-refractivity contribution in [2.45, 2.75) is 13.5 Å². The van der Waals surface area contributed by atoms with E-state index < -0.39 is 0 Å². The average molecular weight is 335 g/mol. The van der Waals surface area contributed by atoms with Gasteiger partial charge in [0.15, 0.2) is 0 Å². The molecule has 0 saturated carbocycles. The summed E-state index contributed by atoms with van der Waals surface area (Å²) in [5.74, 6) is 1.30. The van der Waals surface area contributed by atoms with Gasteiger partial charge in [-0.15, -0.1) is 0 Å². The maximum Gasteiger partial charge on any atom is 0.319 e. The minimum atomic E-state index is -0.348. The standard InChI is InChI=1S/C17H19ClN2O3/c1-3-23-16-9-8-13(18)10-14(16)20-17(21)19-11-12-6-4-5-7-15(12)22-2/h4-10H,3,11H2,1-2H3,(H2,19,20,21). The Morgan fingerprint density at radius 2 is 1.96 bits per heavy atom. The van der Waals surface area contributed by atoms with Gasteiger partial charge >= 0.3 is 6.03 Å². The largest absolute Gasteiger partial charge is 0.496 e. The van der Waals surface area contributed by atoms with E-state index in [0.717, 1.165) is 11.3 Å². The first-order valence-electron chi connectivity index (χ1n) is 7.23. The molecule has 0 spiro atoms. The molecule has 2 aromatic rings. The first-order valence-corrected chi connectivity index (χ1v) is 7.61. The van der Waals surface area contributed by atoms with Crippen LogP contribution in [0.5, 0.6) is 11.5 Å². The third kappa shape index (κ3) is 4.79. The molecule has 2 rings (SSSR count). The van der Waals surface area contributed by atoms with Crippen LogP contribution in [0.15, 0.2) is 42.5 Å². The highest BCUT2D eigenvalue weighted by atomic mass is 35.5. The summed E-state index contributed by atoms with van der Waals surface area (Å²) in [6.45, 7) is 2.72. The molecule has 2 N–H and O–H groups in total. The quantitative estimate of drug-likeness (QED) is 0.837. The number of carbonyl (C=O) groups is 1. The van der Waals surface area contributed by atoms with Crippen molar-refractivity contribution < 1.29 is 14.3 Å². The van der Waals surface area contributed by atoms with Crippen molar-refractivity contribution in [2.75, 3.05) is 19.0 Å². The van der Waals surface area contributed by atoms with Gasteiger partial charge in [-0.2, -0.15) is 0 Å². The molecule has 0 aliphatic carbocycles. The molecule has 0 aromatic heterocycles. The Morgan fingerprint density at radius 3 is 2.70 bits per heavy atom. The van der Waals surface area contributed by atoms with Gasteiger partial charge in [-0.3, -0.25) is 0 Å². The van der Waals surface area contributed by atoms with Gasteiger partial charge in [-0.1, -0.05) is 29.8 Å². The lowest BCUT2D eigenvalue weighted by atomic mass is 10.2. The molecule has 0 fully saturated rings. The predicted molar refractivity (Wildman–Crippen MR) is 91.5 cm³/mol. The van der Waals surface area contributed by atoms with E-state index in [4.69, 9.17) is 21.1 Å². The van der Waals surface area contributed by atoms with Crippen LogP contribution in [-0.2, 0) is 6.54 Å². The van der Waals surface area contributed by atoms with E-state index in [2.05, 4.69) is 10.6 Å². The third-order valence-corrected chi connectivity index (χ3v) is 3.36. The highest BCUT2D eigenvalue weighted by molar-refractivity contribution is 6.31. The minimum absolute atomic E-state index is 0.348. The number of hydrogen-bond donors (Lipinski definition) is 2. The summed E-state index contributed by atoms with van der Waals surface area (Å²) in [4.78, 5) is 12.1. The van der Waals surface area contributed by atoms with Crippen molar-refractivity contribution in [1.82, 2.24) is 5.32 Å². The number of para-hydroxylation sites is 1. The molecule has 122 valence electrons. The number of methoxy groups -OCH3 is 1. The Balaban J connectivity index is 2.01. The predicted octanol–water partition coefficient (Wildman–Crippen LogP) is 4.07. The van der Waals surface area contributed by atoms with Crippen molar-refractivity contribution in [3.63, 3.8) is 0 Å². The van der Waals surface area contributed by atoms with Crippen molar-refractivity contribution in [3.05, 3.63) is 53.1 Å². The third-order valence-electron chi connectivity index (χ3n) is 3.12. The number of ether oxygens (including phenoxy) is 2. The van der Waals surface area contributed by atoms with Crippen LogP contribution in [0.25, 0.3) is 0 Å². The first-order chi connectivity index (χ1) is 11.1. The molecule has 0 aliphatic rings. The second-order valence-electron chi connectivity index (χ2n) is 4.69. The average Bonchev–Trinajstić information content (AvgIpc) is 2.56. The van der Waals surface area contributed by atoms with E-state index in [9.17, 15) is 4.79 Å². The molecule has 0 radical (unpaired) electrons. The molecular formula is C17H19ClN2O3. The van der Waals surface area contributed by atoms with Crippen LogP contribution in [0.2, 0.25) is 5.02 Å². The zero-order valence-electron chi connectivity index (χ0n) is 13.1. The molecule has 0 atom stereocenters. The Hall–Kier alpha value is -2.40. The number of urea groups is 1. The Labute approximate surface area is 140 Å². The number of benzene rings is 2. The van der Waals surface area contributed by atoms with Crippen LogP contribution in [0.3, 0.4) is 0 Å². The zero-order chi connectivity index (χ0) is 16.7. The molecule has 0 unspecified atom stereocenters. The van der Waals surface area contributed by atoms with E-state index in [1.165, 1.54) is 0 Å². The van der Waals surface area contributed by atoms with Gasteiger partial charge in [0.1, 0.15) is 11.5 Å². The Bertz CT molecular complexity index is 677. The maximum atomic E-state index is 12.1. The second kappa shape index (κ2) is 8.29. The van der Waals surface area contributed by atoms with Crippen LogP contribution >= 0.6 is 11.6 Å². The fourth-order valence-corrected chi connectivity index (χ4v) is 2.24. The SMILES string of the molecule is CCOc1ccc(Cl)cc1NC(=O)NCc1ccccc1OC. The van der Waals surface area contributed by atoms with Crippen LogP contribution in [0, 0.1) is 0 Å². The van der Waals surface area contributed by atoms with Crippen molar-refractivity contribution in [1.29, 1.82) is 0 Å². The molecular weight excluding hydrogens is 316 g/mol. The van der Waals surface area contributed by atoms with E-state index in [1.807, 2.05) is 31.2 Å². The highest BCUT2D eigenvalue weighted by Gasteiger charge is 2.09. The molecule has 6 heteroatoms. The van der Waals surface area contributed by atoms with Gasteiger partial charge in [-0.05, 0) is 31.2 Å². The number of halogens is 1. The number of rotatable bonds is 6. The number of amides is 2. The lowest BCUT2D eigenvalue weighted by molar-refractivity contribution is 0.251. The number of hydrogen-bond acceptors (Lipinski definition) is 3. The van der Waals surface area contributed by atoms with Crippen LogP contribution in [0.4, 0.5) is 10.5 Å². The second-order valence-corrected chi connectivity index (χ2v) is 5.13. The van der Waals surface area contributed by atoms with E-state index in [1.54, 1.807) is 25.3 Å². The maximum absolute atomic E-state index is 12.1. The summed E-state index contributed by atoms with van der Waals surface area (Å²) in [6.07, 6.45) is 0. The minimum Gasteiger partial charge on any atom is -0.496 e. The van der Waals surface area contributed by atoms with Crippen molar-refractivity contribution in [2.24, 2.45) is 0 Å². The van der Waals surface area contributed by atoms with E-state index >= 15 is 0 Å². The molecule has 0 aliphatic heterocycles. The van der Waals surface area contributed by atoms with Crippen LogP contribution in [0.1, 0.15) is 12.5 Å². The van der Waals surface area contributed by atoms with Crippen LogP contribution in [-0.4, -0.2) is 19.7 Å². The summed E-state index contributed by atoms with van der Waals surface area (Å²) in [5.41, 5.74) is 1.41. The van der Waals surface area contributed by atoms with E-state index in [-0.39, 0.29) is 6.03 Å². The van der Waals surface area contributed by atoms with Gasteiger partial charge in [0.25, 0.3) is 0 Å². The van der Waals surface area contributed by atoms with Gasteiger partial charge in [0, 0.05) is 17.1 Å². The lowest BCUT2D eigenvalue weighted by Gasteiger charge is -2.13. The Morgan fingerprint density at radius 1 is 1.17 bits per heavy atom. The number of nitrogens with one attached hydrogen (secondary N) is 2. The van der Waals surface area contributed by atoms with Gasteiger partial charge in [0.05, 0.1) is 19.4 Å². The normalized spacial score (nSPS) is 10.0. The number of anilines is 1. The topological polar surface area (TPSA) is 59.6 Å². The molecule has 0 heterocycles. The van der Waals surface area contributed by atoms with Gasteiger partial charge in [-0.25, -0.2) is 4.79 Å². The van der Waals surface area contributed by atoms with Crippen molar-refractivity contribution in [3.8, 4) is 11.5 Å². The summed E-state index contributed by atoms with van der Waals surface area (Å²) in [5, 5.41) is 6.05. The lowest BCUT2D eigenvalue weighted by Crippen LogP contribution is -2.28. The van der Waals surface area contributed by atoms with Gasteiger partial charge in [0.2, 0.25) is 0 Å². The first kappa shape index (κ1) is 17.0. The monoisotopic (exact) mass is 334 g/mol. The molecule has 2 amide bonds. The van der Waals surface area contributed by atoms with Crippen molar-refractivity contribution >= 4 is 23.3 Å². The highest BCUT2D eigenvalue weighted by Crippen LogP contribution is 2.28. The fourth-order valence-electron chi connectivity index (χ4n) is 2.07. The summed E-state index contributed by atoms with van der Waals surface area (Å²) >= 11 is 5.97. The summed E-state index contributed by atoms with van der Waals surface area (Å²) in [7, 11) is 1.60. The van der Waals surface area contributed by atoms with Gasteiger partial charge < -0.3 is 20.1 Å².